The van der Waals surface area contributed by atoms with Gasteiger partial charge in [0, 0.05) is 4.88 Å². The average Bonchev–Trinajstić information content (AvgIpc) is 3.55. The number of thiazole rings is 1. The lowest BCUT2D eigenvalue weighted by atomic mass is 10.0. The van der Waals surface area contributed by atoms with Crippen molar-refractivity contribution in [2.45, 2.75) is 19.6 Å². The van der Waals surface area contributed by atoms with Gasteiger partial charge in [-0.25, -0.2) is 9.79 Å². The summed E-state index contributed by atoms with van der Waals surface area (Å²) in [6.45, 7) is 2.18. The van der Waals surface area contributed by atoms with Crippen molar-refractivity contribution in [3.63, 3.8) is 0 Å². The number of benzene rings is 2. The lowest BCUT2D eigenvalue weighted by Gasteiger charge is -2.22. The minimum Gasteiger partial charge on any atom is -0.493 e. The lowest BCUT2D eigenvalue weighted by molar-refractivity contribution is -0.136. The number of fused-ring (bicyclic) bond motifs is 1. The molecule has 0 N–H and O–H groups in total. The SMILES string of the molecule is COC(=O)C1=C(C)N=c2s/c(=C/c3ccc(OCc4ccccc4)c(OC)c3)c(=O)n2C1c1cccs1. The van der Waals surface area contributed by atoms with Gasteiger partial charge in [-0.2, -0.15) is 0 Å². The van der Waals surface area contributed by atoms with Crippen LogP contribution >= 0.6 is 22.7 Å². The van der Waals surface area contributed by atoms with Gasteiger partial charge in [0.15, 0.2) is 16.3 Å². The first kappa shape index (κ1) is 24.7. The van der Waals surface area contributed by atoms with E-state index in [0.717, 1.165) is 16.0 Å². The normalized spacial score (nSPS) is 15.2. The minimum atomic E-state index is -0.589. The number of rotatable bonds is 7. The average molecular weight is 533 g/mol. The molecule has 7 nitrogen and oxygen atoms in total. The van der Waals surface area contributed by atoms with Crippen LogP contribution in [0.15, 0.2) is 87.1 Å². The van der Waals surface area contributed by atoms with Crippen LogP contribution in [-0.2, 0) is 16.1 Å². The Kier molecular flexibility index (Phi) is 7.07. The fourth-order valence-corrected chi connectivity index (χ4v) is 6.06. The second-order valence-electron chi connectivity index (χ2n) is 8.27. The number of allylic oxidation sites excluding steroid dienone is 1. The van der Waals surface area contributed by atoms with Crippen molar-refractivity contribution in [2.75, 3.05) is 14.2 Å². The van der Waals surface area contributed by atoms with E-state index in [1.807, 2.05) is 66.0 Å². The molecule has 0 saturated heterocycles. The summed E-state index contributed by atoms with van der Waals surface area (Å²) in [5.74, 6) is 0.684. The van der Waals surface area contributed by atoms with Crippen molar-refractivity contribution < 1.29 is 19.0 Å². The van der Waals surface area contributed by atoms with Crippen LogP contribution in [0.4, 0.5) is 0 Å². The van der Waals surface area contributed by atoms with Crippen molar-refractivity contribution in [2.24, 2.45) is 4.99 Å². The van der Waals surface area contributed by atoms with Crippen LogP contribution in [-0.4, -0.2) is 24.8 Å². The zero-order valence-electron chi connectivity index (χ0n) is 20.5. The maximum absolute atomic E-state index is 13.6. The number of ether oxygens (including phenoxy) is 3. The summed E-state index contributed by atoms with van der Waals surface area (Å²) in [6, 6.07) is 18.6. The number of esters is 1. The van der Waals surface area contributed by atoms with Gasteiger partial charge >= 0.3 is 5.97 Å². The molecule has 0 aliphatic carbocycles. The summed E-state index contributed by atoms with van der Waals surface area (Å²) >= 11 is 2.76. The van der Waals surface area contributed by atoms with Crippen LogP contribution in [0.3, 0.4) is 0 Å². The molecule has 9 heteroatoms. The molecule has 4 aromatic rings. The molecule has 0 radical (unpaired) electrons. The maximum atomic E-state index is 13.6. The monoisotopic (exact) mass is 532 g/mol. The number of methoxy groups -OCH3 is 2. The molecule has 2 aromatic carbocycles. The number of carbonyl (C=O) groups is 1. The van der Waals surface area contributed by atoms with E-state index in [4.69, 9.17) is 14.2 Å². The Labute approximate surface area is 221 Å². The van der Waals surface area contributed by atoms with Crippen LogP contribution in [0.2, 0.25) is 0 Å². The van der Waals surface area contributed by atoms with Gasteiger partial charge in [-0.15, -0.1) is 11.3 Å². The molecule has 188 valence electrons. The van der Waals surface area contributed by atoms with Crippen molar-refractivity contribution in [3.8, 4) is 11.5 Å². The summed E-state index contributed by atoms with van der Waals surface area (Å²) < 4.78 is 18.6. The third-order valence-electron chi connectivity index (χ3n) is 5.96. The summed E-state index contributed by atoms with van der Waals surface area (Å²) in [7, 11) is 2.92. The minimum absolute atomic E-state index is 0.223. The molecular formula is C28H24N2O5S2. The first-order valence-electron chi connectivity index (χ1n) is 11.5. The number of carbonyl (C=O) groups excluding carboxylic acids is 1. The Morgan fingerprint density at radius 2 is 1.89 bits per heavy atom. The topological polar surface area (TPSA) is 79.1 Å². The molecule has 37 heavy (non-hydrogen) atoms. The van der Waals surface area contributed by atoms with Gasteiger partial charge in [-0.3, -0.25) is 9.36 Å². The van der Waals surface area contributed by atoms with Gasteiger partial charge in [0.2, 0.25) is 0 Å². The van der Waals surface area contributed by atoms with Crippen molar-refractivity contribution in [3.05, 3.63) is 113 Å². The Balaban J connectivity index is 1.53. The summed E-state index contributed by atoms with van der Waals surface area (Å²) in [4.78, 5) is 32.3. The van der Waals surface area contributed by atoms with E-state index < -0.39 is 12.0 Å². The van der Waals surface area contributed by atoms with Crippen LogP contribution in [0.5, 0.6) is 11.5 Å². The molecule has 3 heterocycles. The van der Waals surface area contributed by atoms with Gasteiger partial charge in [-0.05, 0) is 47.7 Å². The second kappa shape index (κ2) is 10.6. The molecule has 0 saturated carbocycles. The number of nitrogens with zero attached hydrogens (tertiary/aromatic N) is 2. The lowest BCUT2D eigenvalue weighted by Crippen LogP contribution is -2.39. The van der Waals surface area contributed by atoms with Crippen LogP contribution in [0.1, 0.15) is 29.0 Å². The highest BCUT2D eigenvalue weighted by molar-refractivity contribution is 7.10. The maximum Gasteiger partial charge on any atom is 0.338 e. The molecule has 5 rings (SSSR count). The predicted octanol–water partition coefficient (Wildman–Crippen LogP) is 4.06. The second-order valence-corrected chi connectivity index (χ2v) is 10.3. The van der Waals surface area contributed by atoms with Crippen LogP contribution < -0.4 is 24.4 Å². The van der Waals surface area contributed by atoms with E-state index in [1.165, 1.54) is 29.8 Å². The van der Waals surface area contributed by atoms with E-state index in [0.29, 0.717) is 38.7 Å². The molecule has 1 atom stereocenters. The van der Waals surface area contributed by atoms with Gasteiger partial charge in [0.1, 0.15) is 12.6 Å². The molecule has 1 unspecified atom stereocenters. The summed E-state index contributed by atoms with van der Waals surface area (Å²) in [5.41, 5.74) is 2.52. The third kappa shape index (κ3) is 4.87. The quantitative estimate of drug-likeness (QED) is 0.336. The van der Waals surface area contributed by atoms with E-state index in [2.05, 4.69) is 4.99 Å². The summed E-state index contributed by atoms with van der Waals surface area (Å²) in [6.07, 6.45) is 1.80. The highest BCUT2D eigenvalue weighted by Gasteiger charge is 2.33. The van der Waals surface area contributed by atoms with Crippen molar-refractivity contribution in [1.29, 1.82) is 0 Å². The fourth-order valence-electron chi connectivity index (χ4n) is 4.19. The van der Waals surface area contributed by atoms with E-state index in [9.17, 15) is 9.59 Å². The van der Waals surface area contributed by atoms with Crippen LogP contribution in [0, 0.1) is 0 Å². The van der Waals surface area contributed by atoms with E-state index in [1.54, 1.807) is 24.7 Å². The molecule has 0 spiro atoms. The molecular weight excluding hydrogens is 508 g/mol. The first-order chi connectivity index (χ1) is 18.0. The van der Waals surface area contributed by atoms with Gasteiger partial charge < -0.3 is 14.2 Å². The number of hydrogen-bond donors (Lipinski definition) is 0. The smallest absolute Gasteiger partial charge is 0.338 e. The van der Waals surface area contributed by atoms with Gasteiger partial charge in [0.25, 0.3) is 5.56 Å². The predicted molar refractivity (Wildman–Crippen MR) is 144 cm³/mol. The van der Waals surface area contributed by atoms with Crippen LogP contribution in [0.25, 0.3) is 6.08 Å². The number of thiophene rings is 1. The molecule has 0 amide bonds. The largest absolute Gasteiger partial charge is 0.493 e. The van der Waals surface area contributed by atoms with Gasteiger partial charge in [0.05, 0.1) is 30.0 Å². The third-order valence-corrected chi connectivity index (χ3v) is 7.87. The zero-order valence-corrected chi connectivity index (χ0v) is 22.1. The fraction of sp³-hybridized carbons (Fsp3) is 0.179. The Morgan fingerprint density at radius 3 is 2.59 bits per heavy atom. The Hall–Kier alpha value is -3.95. The molecule has 2 aromatic heterocycles. The first-order valence-corrected chi connectivity index (χ1v) is 13.2. The Morgan fingerprint density at radius 1 is 1.08 bits per heavy atom. The standard InChI is InChI=1S/C28H24N2O5S2/c1-17-24(27(32)34-3)25(22-10-7-13-36-22)30-26(31)23(37-28(30)29-17)15-19-11-12-20(21(14-19)33-2)35-16-18-8-5-4-6-9-18/h4-15,25H,16H2,1-3H3/b23-15+. The highest BCUT2D eigenvalue weighted by Crippen LogP contribution is 2.33. The molecule has 1 aliphatic rings. The van der Waals surface area contributed by atoms with Crippen molar-refractivity contribution >= 4 is 34.7 Å². The number of hydrogen-bond acceptors (Lipinski definition) is 8. The Bertz CT molecular complexity index is 1650. The summed E-state index contributed by atoms with van der Waals surface area (Å²) in [5, 5.41) is 1.92. The molecule has 1 aliphatic heterocycles. The van der Waals surface area contributed by atoms with Gasteiger partial charge in [-0.1, -0.05) is 53.8 Å². The van der Waals surface area contributed by atoms with Crippen molar-refractivity contribution in [1.82, 2.24) is 4.57 Å². The van der Waals surface area contributed by atoms with E-state index >= 15 is 0 Å². The number of aromatic nitrogens is 1. The molecule has 0 fully saturated rings. The molecule has 0 bridgehead atoms. The van der Waals surface area contributed by atoms with E-state index in [-0.39, 0.29) is 5.56 Å². The zero-order chi connectivity index (χ0) is 25.9. The highest BCUT2D eigenvalue weighted by atomic mass is 32.1.